The van der Waals surface area contributed by atoms with Crippen LogP contribution in [0.1, 0.15) is 17.4 Å². The van der Waals surface area contributed by atoms with Crippen LogP contribution in [0.3, 0.4) is 0 Å². The van der Waals surface area contributed by atoms with E-state index in [2.05, 4.69) is 40.1 Å². The first-order valence-electron chi connectivity index (χ1n) is 7.07. The molecule has 2 N–H and O–H groups in total. The van der Waals surface area contributed by atoms with Crippen molar-refractivity contribution in [3.05, 3.63) is 57.2 Å². The molecule has 6 heteroatoms. The highest BCUT2D eigenvalue weighted by atomic mass is 127. The fourth-order valence-corrected chi connectivity index (χ4v) is 2.80. The van der Waals surface area contributed by atoms with Crippen molar-refractivity contribution in [1.29, 1.82) is 0 Å². The van der Waals surface area contributed by atoms with Crippen molar-refractivity contribution >= 4 is 52.9 Å². The first-order chi connectivity index (χ1) is 10.3. The standard InChI is InChI=1S/C16H20ClN3S.HI/c1-2-18-16(19-10-9-14-7-5-11-21-14)20-12-13-6-3-4-8-15(13)17;/h3-8,11H,2,9-10,12H2,1H3,(H2,18,19,20);1H. The lowest BCUT2D eigenvalue weighted by Gasteiger charge is -2.11. The maximum atomic E-state index is 6.15. The summed E-state index contributed by atoms with van der Waals surface area (Å²) in [5, 5.41) is 9.47. The zero-order chi connectivity index (χ0) is 14.9. The fraction of sp³-hybridized carbons (Fsp3) is 0.312. The summed E-state index contributed by atoms with van der Waals surface area (Å²) in [5.41, 5.74) is 1.04. The number of halogens is 2. The Kier molecular flexibility index (Phi) is 9.50. The molecule has 1 aromatic heterocycles. The molecule has 22 heavy (non-hydrogen) atoms. The molecule has 3 nitrogen and oxygen atoms in total. The minimum atomic E-state index is 0. The van der Waals surface area contributed by atoms with E-state index >= 15 is 0 Å². The number of hydrogen-bond donors (Lipinski definition) is 2. The molecule has 0 spiro atoms. The quantitative estimate of drug-likeness (QED) is 0.391. The van der Waals surface area contributed by atoms with Crippen molar-refractivity contribution in [2.75, 3.05) is 13.1 Å². The van der Waals surface area contributed by atoms with Gasteiger partial charge in [-0.3, -0.25) is 0 Å². The van der Waals surface area contributed by atoms with Crippen LogP contribution >= 0.6 is 46.9 Å². The second-order valence-electron chi connectivity index (χ2n) is 4.54. The summed E-state index contributed by atoms with van der Waals surface area (Å²) in [6.07, 6.45) is 1.01. The summed E-state index contributed by atoms with van der Waals surface area (Å²) in [4.78, 5) is 5.96. The monoisotopic (exact) mass is 449 g/mol. The van der Waals surface area contributed by atoms with E-state index in [0.717, 1.165) is 36.1 Å². The van der Waals surface area contributed by atoms with Gasteiger partial charge in [-0.1, -0.05) is 35.9 Å². The minimum Gasteiger partial charge on any atom is -0.357 e. The van der Waals surface area contributed by atoms with Crippen LogP contribution in [-0.2, 0) is 13.0 Å². The molecule has 0 saturated heterocycles. The summed E-state index contributed by atoms with van der Waals surface area (Å²) < 4.78 is 0. The second-order valence-corrected chi connectivity index (χ2v) is 5.98. The highest BCUT2D eigenvalue weighted by Crippen LogP contribution is 2.15. The number of guanidine groups is 1. The van der Waals surface area contributed by atoms with Crippen LogP contribution < -0.4 is 10.6 Å². The number of rotatable bonds is 6. The third kappa shape index (κ3) is 6.54. The average molecular weight is 450 g/mol. The van der Waals surface area contributed by atoms with Gasteiger partial charge >= 0.3 is 0 Å². The Morgan fingerprint density at radius 2 is 2.00 bits per heavy atom. The van der Waals surface area contributed by atoms with Gasteiger partial charge in [-0.15, -0.1) is 35.3 Å². The van der Waals surface area contributed by atoms with E-state index in [-0.39, 0.29) is 24.0 Å². The van der Waals surface area contributed by atoms with Crippen molar-refractivity contribution in [2.45, 2.75) is 19.9 Å². The molecule has 0 fully saturated rings. The zero-order valence-electron chi connectivity index (χ0n) is 12.5. The smallest absolute Gasteiger partial charge is 0.191 e. The Labute approximate surface area is 158 Å². The summed E-state index contributed by atoms with van der Waals surface area (Å²) in [5.74, 6) is 0.828. The number of hydrogen-bond acceptors (Lipinski definition) is 2. The van der Waals surface area contributed by atoms with Crippen LogP contribution in [0, 0.1) is 0 Å². The second kappa shape index (κ2) is 10.9. The summed E-state index contributed by atoms with van der Waals surface area (Å²) >= 11 is 7.93. The highest BCUT2D eigenvalue weighted by molar-refractivity contribution is 14.0. The van der Waals surface area contributed by atoms with Gasteiger partial charge in [0.2, 0.25) is 0 Å². The van der Waals surface area contributed by atoms with Gasteiger partial charge in [0.1, 0.15) is 0 Å². The van der Waals surface area contributed by atoms with Gasteiger partial charge in [0.05, 0.1) is 6.54 Å². The molecule has 0 bridgehead atoms. The predicted molar refractivity (Wildman–Crippen MR) is 108 cm³/mol. The van der Waals surface area contributed by atoms with E-state index < -0.39 is 0 Å². The lowest BCUT2D eigenvalue weighted by Crippen LogP contribution is -2.38. The molecule has 2 aromatic rings. The number of nitrogens with one attached hydrogen (secondary N) is 2. The molecule has 0 radical (unpaired) electrons. The van der Waals surface area contributed by atoms with E-state index in [9.17, 15) is 0 Å². The molecule has 120 valence electrons. The van der Waals surface area contributed by atoms with Crippen LogP contribution in [0.4, 0.5) is 0 Å². The van der Waals surface area contributed by atoms with Crippen molar-refractivity contribution < 1.29 is 0 Å². The first kappa shape index (κ1) is 19.3. The fourth-order valence-electron chi connectivity index (χ4n) is 1.89. The number of benzene rings is 1. The van der Waals surface area contributed by atoms with Crippen LogP contribution in [0.2, 0.25) is 5.02 Å². The number of nitrogens with zero attached hydrogens (tertiary/aromatic N) is 1. The Morgan fingerprint density at radius 1 is 1.18 bits per heavy atom. The van der Waals surface area contributed by atoms with Gasteiger partial charge in [0.15, 0.2) is 5.96 Å². The SMILES string of the molecule is CCNC(=NCc1ccccc1Cl)NCCc1cccs1.I. The van der Waals surface area contributed by atoms with Crippen molar-refractivity contribution in [3.8, 4) is 0 Å². The van der Waals surface area contributed by atoms with E-state index in [1.54, 1.807) is 11.3 Å². The Hall–Kier alpha value is -0.790. The van der Waals surface area contributed by atoms with Crippen LogP contribution in [0.15, 0.2) is 46.8 Å². The molecule has 0 aliphatic carbocycles. The molecule has 0 amide bonds. The molecule has 1 aromatic carbocycles. The van der Waals surface area contributed by atoms with E-state index in [1.165, 1.54) is 4.88 Å². The summed E-state index contributed by atoms with van der Waals surface area (Å²) in [6, 6.07) is 12.0. The number of thiophene rings is 1. The van der Waals surface area contributed by atoms with Gasteiger partial charge < -0.3 is 10.6 Å². The zero-order valence-corrected chi connectivity index (χ0v) is 16.4. The maximum Gasteiger partial charge on any atom is 0.191 e. The maximum absolute atomic E-state index is 6.15. The van der Waals surface area contributed by atoms with E-state index in [4.69, 9.17) is 11.6 Å². The molecule has 0 aliphatic rings. The van der Waals surface area contributed by atoms with Gasteiger partial charge in [0, 0.05) is 23.0 Å². The molecule has 0 atom stereocenters. The Morgan fingerprint density at radius 3 is 2.68 bits per heavy atom. The van der Waals surface area contributed by atoms with E-state index in [0.29, 0.717) is 6.54 Å². The largest absolute Gasteiger partial charge is 0.357 e. The van der Waals surface area contributed by atoms with E-state index in [1.807, 2.05) is 24.3 Å². The van der Waals surface area contributed by atoms with Crippen molar-refractivity contribution in [1.82, 2.24) is 10.6 Å². The topological polar surface area (TPSA) is 36.4 Å². The van der Waals surface area contributed by atoms with Gasteiger partial charge in [-0.25, -0.2) is 4.99 Å². The Balaban J connectivity index is 0.00000242. The van der Waals surface area contributed by atoms with Crippen molar-refractivity contribution in [3.63, 3.8) is 0 Å². The third-order valence-electron chi connectivity index (χ3n) is 2.95. The normalized spacial score (nSPS) is 10.9. The lowest BCUT2D eigenvalue weighted by molar-refractivity contribution is 0.804. The number of aliphatic imine (C=N–C) groups is 1. The highest BCUT2D eigenvalue weighted by Gasteiger charge is 2.01. The molecular weight excluding hydrogens is 429 g/mol. The first-order valence-corrected chi connectivity index (χ1v) is 8.33. The van der Waals surface area contributed by atoms with Gasteiger partial charge in [-0.05, 0) is 36.4 Å². The predicted octanol–water partition coefficient (Wildman–Crippen LogP) is 4.32. The third-order valence-corrected chi connectivity index (χ3v) is 4.26. The summed E-state index contributed by atoms with van der Waals surface area (Å²) in [7, 11) is 0. The molecule has 0 unspecified atom stereocenters. The van der Waals surface area contributed by atoms with Crippen LogP contribution in [-0.4, -0.2) is 19.0 Å². The Bertz CT molecular complexity index is 573. The summed E-state index contributed by atoms with van der Waals surface area (Å²) in [6.45, 7) is 4.35. The van der Waals surface area contributed by atoms with Crippen LogP contribution in [0.5, 0.6) is 0 Å². The van der Waals surface area contributed by atoms with Gasteiger partial charge in [0.25, 0.3) is 0 Å². The molecule has 1 heterocycles. The lowest BCUT2D eigenvalue weighted by atomic mass is 10.2. The average Bonchev–Trinajstić information content (AvgIpc) is 2.99. The molecule has 0 aliphatic heterocycles. The molecule has 0 saturated carbocycles. The molecule has 2 rings (SSSR count). The van der Waals surface area contributed by atoms with Crippen molar-refractivity contribution in [2.24, 2.45) is 4.99 Å². The minimum absolute atomic E-state index is 0. The molecular formula is C16H21ClIN3S. The van der Waals surface area contributed by atoms with Crippen LogP contribution in [0.25, 0.3) is 0 Å². The van der Waals surface area contributed by atoms with Gasteiger partial charge in [-0.2, -0.15) is 0 Å².